The predicted molar refractivity (Wildman–Crippen MR) is 121 cm³/mol. The molecule has 0 unspecified atom stereocenters. The highest BCUT2D eigenvalue weighted by atomic mass is 16.5. The average molecular weight is 426 g/mol. The summed E-state index contributed by atoms with van der Waals surface area (Å²) in [6, 6.07) is 21.2. The number of aromatic nitrogens is 4. The number of rotatable bonds is 7. The van der Waals surface area contributed by atoms with Crippen molar-refractivity contribution in [2.24, 2.45) is 5.92 Å². The third-order valence-corrected chi connectivity index (χ3v) is 5.32. The van der Waals surface area contributed by atoms with Crippen LogP contribution in [0.1, 0.15) is 5.56 Å². The maximum absolute atomic E-state index is 12.6. The lowest BCUT2D eigenvalue weighted by molar-refractivity contribution is -0.120. The molecule has 0 radical (unpaired) electrons. The zero-order valence-corrected chi connectivity index (χ0v) is 17.3. The number of benzene rings is 2. The first-order chi connectivity index (χ1) is 15.7. The van der Waals surface area contributed by atoms with Crippen LogP contribution in [0.5, 0.6) is 5.75 Å². The Morgan fingerprint density at radius 1 is 1.00 bits per heavy atom. The van der Waals surface area contributed by atoms with E-state index < -0.39 is 0 Å². The van der Waals surface area contributed by atoms with E-state index in [-0.39, 0.29) is 11.8 Å². The van der Waals surface area contributed by atoms with E-state index in [0.717, 1.165) is 22.8 Å². The van der Waals surface area contributed by atoms with E-state index in [1.165, 1.54) is 6.33 Å². The molecule has 0 spiro atoms. The van der Waals surface area contributed by atoms with Gasteiger partial charge < -0.3 is 15.0 Å². The zero-order valence-electron chi connectivity index (χ0n) is 17.3. The first kappa shape index (κ1) is 19.7. The normalized spacial score (nSPS) is 13.4. The lowest BCUT2D eigenvalue weighted by Gasteiger charge is -2.39. The molecular weight excluding hydrogens is 404 g/mol. The second-order valence-electron chi connectivity index (χ2n) is 7.57. The Morgan fingerprint density at radius 3 is 2.53 bits per heavy atom. The van der Waals surface area contributed by atoms with Gasteiger partial charge in [0.25, 0.3) is 0 Å². The number of carbonyl (C=O) groups excluding carboxylic acids is 1. The fourth-order valence-electron chi connectivity index (χ4n) is 3.49. The van der Waals surface area contributed by atoms with Gasteiger partial charge in [-0.25, -0.2) is 14.6 Å². The van der Waals surface area contributed by atoms with E-state index in [1.54, 1.807) is 10.9 Å². The van der Waals surface area contributed by atoms with Crippen LogP contribution >= 0.6 is 0 Å². The van der Waals surface area contributed by atoms with E-state index in [1.807, 2.05) is 72.9 Å². The molecule has 0 saturated carbocycles. The maximum Gasteiger partial charge on any atom is 0.231 e. The van der Waals surface area contributed by atoms with Crippen LogP contribution < -0.4 is 15.0 Å². The Balaban J connectivity index is 1.12. The lowest BCUT2D eigenvalue weighted by Crippen LogP contribution is -2.52. The summed E-state index contributed by atoms with van der Waals surface area (Å²) in [6.45, 7) is 1.73. The number of nitrogens with zero attached hydrogens (tertiary/aromatic N) is 5. The summed E-state index contributed by atoms with van der Waals surface area (Å²) in [7, 11) is 0. The molecule has 2 aromatic heterocycles. The first-order valence-electron chi connectivity index (χ1n) is 10.4. The van der Waals surface area contributed by atoms with Gasteiger partial charge in [0.2, 0.25) is 5.91 Å². The quantitative estimate of drug-likeness (QED) is 0.488. The highest BCUT2D eigenvalue weighted by molar-refractivity contribution is 5.94. The van der Waals surface area contributed by atoms with Crippen LogP contribution in [-0.4, -0.2) is 38.7 Å². The molecule has 0 atom stereocenters. The Hall–Kier alpha value is -4.20. The number of hydrogen-bond donors (Lipinski definition) is 1. The van der Waals surface area contributed by atoms with Gasteiger partial charge in [-0.2, -0.15) is 5.10 Å². The highest BCUT2D eigenvalue weighted by Gasteiger charge is 2.33. The average Bonchev–Trinajstić information content (AvgIpc) is 3.34. The van der Waals surface area contributed by atoms with Gasteiger partial charge in [0.15, 0.2) is 5.82 Å². The van der Waals surface area contributed by atoms with E-state index >= 15 is 0 Å². The van der Waals surface area contributed by atoms with E-state index in [2.05, 4.69) is 25.3 Å². The van der Waals surface area contributed by atoms with Crippen LogP contribution in [0.3, 0.4) is 0 Å². The molecular formula is C24H22N6O2. The number of amides is 1. The summed E-state index contributed by atoms with van der Waals surface area (Å²) in [4.78, 5) is 23.2. The summed E-state index contributed by atoms with van der Waals surface area (Å²) in [5.74, 6) is 2.16. The number of anilines is 2. The summed E-state index contributed by atoms with van der Waals surface area (Å²) in [5.41, 5.74) is 1.86. The van der Waals surface area contributed by atoms with Crippen molar-refractivity contribution < 1.29 is 9.53 Å². The number of carbonyl (C=O) groups is 1. The molecule has 8 nitrogen and oxygen atoms in total. The molecule has 5 rings (SSSR count). The van der Waals surface area contributed by atoms with Crippen molar-refractivity contribution in [1.82, 2.24) is 19.7 Å². The van der Waals surface area contributed by atoms with Crippen LogP contribution in [0.4, 0.5) is 11.5 Å². The molecule has 32 heavy (non-hydrogen) atoms. The minimum atomic E-state index is -0.0906. The Kier molecular flexibility index (Phi) is 5.48. The van der Waals surface area contributed by atoms with Gasteiger partial charge in [-0.1, -0.05) is 30.3 Å². The highest BCUT2D eigenvalue weighted by Crippen LogP contribution is 2.25. The molecule has 4 aromatic rings. The molecule has 1 fully saturated rings. The minimum Gasteiger partial charge on any atom is -0.489 e. The van der Waals surface area contributed by atoms with Gasteiger partial charge in [0.1, 0.15) is 24.5 Å². The summed E-state index contributed by atoms with van der Waals surface area (Å²) in [5, 5.41) is 7.17. The van der Waals surface area contributed by atoms with Crippen LogP contribution in [0.25, 0.3) is 5.82 Å². The number of hydrogen-bond acceptors (Lipinski definition) is 6. The number of nitrogens with one attached hydrogen (secondary N) is 1. The monoisotopic (exact) mass is 426 g/mol. The molecule has 2 aromatic carbocycles. The van der Waals surface area contributed by atoms with Crippen molar-refractivity contribution in [2.75, 3.05) is 23.3 Å². The van der Waals surface area contributed by atoms with Gasteiger partial charge in [0, 0.05) is 37.2 Å². The topological polar surface area (TPSA) is 85.2 Å². The standard InChI is InChI=1S/C24H22N6O2/c31-24(28-20-7-9-21(10-8-20)32-16-18-5-2-1-3-6-18)19-14-29(15-19)22-13-23(26-17-25-22)30-12-4-11-27-30/h1-13,17,19H,14-16H2,(H,28,31). The van der Waals surface area contributed by atoms with Gasteiger partial charge >= 0.3 is 0 Å². The molecule has 3 heterocycles. The van der Waals surface area contributed by atoms with Crippen molar-refractivity contribution in [2.45, 2.75) is 6.61 Å². The lowest BCUT2D eigenvalue weighted by atomic mass is 9.99. The summed E-state index contributed by atoms with van der Waals surface area (Å²) in [6.07, 6.45) is 5.05. The van der Waals surface area contributed by atoms with E-state index in [0.29, 0.717) is 25.5 Å². The van der Waals surface area contributed by atoms with Gasteiger partial charge in [0.05, 0.1) is 5.92 Å². The summed E-state index contributed by atoms with van der Waals surface area (Å²) >= 11 is 0. The van der Waals surface area contributed by atoms with Crippen molar-refractivity contribution >= 4 is 17.4 Å². The molecule has 1 aliphatic heterocycles. The molecule has 160 valence electrons. The maximum atomic E-state index is 12.6. The van der Waals surface area contributed by atoms with Crippen LogP contribution in [-0.2, 0) is 11.4 Å². The fourth-order valence-corrected chi connectivity index (χ4v) is 3.49. The minimum absolute atomic E-state index is 0.000518. The molecule has 8 heteroatoms. The van der Waals surface area contributed by atoms with Crippen molar-refractivity contribution in [3.63, 3.8) is 0 Å². The molecule has 0 bridgehead atoms. The first-order valence-corrected chi connectivity index (χ1v) is 10.4. The SMILES string of the molecule is O=C(Nc1ccc(OCc2ccccc2)cc1)C1CN(c2cc(-n3cccn3)ncn2)C1. The Morgan fingerprint density at radius 2 is 1.78 bits per heavy atom. The Bertz CT molecular complexity index is 1170. The third-order valence-electron chi connectivity index (χ3n) is 5.32. The van der Waals surface area contributed by atoms with Crippen LogP contribution in [0.15, 0.2) is 85.5 Å². The smallest absolute Gasteiger partial charge is 0.231 e. The Labute approximate surface area is 185 Å². The molecule has 0 aliphatic carbocycles. The predicted octanol–water partition coefficient (Wildman–Crippen LogP) is 3.32. The summed E-state index contributed by atoms with van der Waals surface area (Å²) < 4.78 is 7.48. The fraction of sp³-hybridized carbons (Fsp3) is 0.167. The zero-order chi connectivity index (χ0) is 21.8. The van der Waals surface area contributed by atoms with Gasteiger partial charge in [-0.15, -0.1) is 0 Å². The van der Waals surface area contributed by atoms with Crippen LogP contribution in [0.2, 0.25) is 0 Å². The van der Waals surface area contributed by atoms with Crippen molar-refractivity contribution in [3.05, 3.63) is 91.0 Å². The van der Waals surface area contributed by atoms with Gasteiger partial charge in [-0.05, 0) is 35.9 Å². The largest absolute Gasteiger partial charge is 0.489 e. The third kappa shape index (κ3) is 4.44. The van der Waals surface area contributed by atoms with Crippen LogP contribution in [0, 0.1) is 5.92 Å². The number of ether oxygens (including phenoxy) is 1. The second-order valence-corrected chi connectivity index (χ2v) is 7.57. The molecule has 1 saturated heterocycles. The van der Waals surface area contributed by atoms with Crippen molar-refractivity contribution in [3.8, 4) is 11.6 Å². The molecule has 1 aliphatic rings. The van der Waals surface area contributed by atoms with E-state index in [4.69, 9.17) is 4.74 Å². The van der Waals surface area contributed by atoms with E-state index in [9.17, 15) is 4.79 Å². The van der Waals surface area contributed by atoms with Crippen molar-refractivity contribution in [1.29, 1.82) is 0 Å². The molecule has 1 amide bonds. The molecule has 1 N–H and O–H groups in total. The second kappa shape index (κ2) is 8.89. The van der Waals surface area contributed by atoms with Gasteiger partial charge in [-0.3, -0.25) is 4.79 Å².